The Hall–Kier alpha value is -1.31. The second kappa shape index (κ2) is 5.55. The first-order chi connectivity index (χ1) is 8.93. The lowest BCUT2D eigenvalue weighted by atomic mass is 9.82. The van der Waals surface area contributed by atoms with E-state index in [0.717, 1.165) is 5.92 Å². The van der Waals surface area contributed by atoms with Gasteiger partial charge in [0.2, 0.25) is 0 Å². The first-order valence-corrected chi connectivity index (χ1v) is 7.21. The minimum atomic E-state index is 0.392. The van der Waals surface area contributed by atoms with Gasteiger partial charge in [0.1, 0.15) is 6.10 Å². The lowest BCUT2D eigenvalue weighted by Gasteiger charge is -2.23. The van der Waals surface area contributed by atoms with Gasteiger partial charge in [-0.3, -0.25) is 0 Å². The van der Waals surface area contributed by atoms with Crippen LogP contribution in [-0.4, -0.2) is 12.3 Å². The number of hydrogen-bond acceptors (Lipinski definition) is 2. The highest BCUT2D eigenvalue weighted by atomic mass is 16.6. The van der Waals surface area contributed by atoms with Crippen LogP contribution in [-0.2, 0) is 4.84 Å². The Morgan fingerprint density at radius 3 is 2.56 bits per heavy atom. The van der Waals surface area contributed by atoms with E-state index in [-0.39, 0.29) is 0 Å². The Morgan fingerprint density at radius 2 is 1.78 bits per heavy atom. The highest BCUT2D eigenvalue weighted by Gasteiger charge is 2.23. The summed E-state index contributed by atoms with van der Waals surface area (Å²) in [7, 11) is 0. The molecule has 2 fully saturated rings. The smallest absolute Gasteiger partial charge is 0.127 e. The quantitative estimate of drug-likeness (QED) is 0.572. The number of oxime groups is 1. The fourth-order valence-electron chi connectivity index (χ4n) is 2.76. The zero-order valence-corrected chi connectivity index (χ0v) is 10.8. The van der Waals surface area contributed by atoms with Crippen LogP contribution in [0, 0.1) is 0 Å². The number of nitrogens with zero attached hydrogens (tertiary/aromatic N) is 1. The molecule has 0 aromatic heterocycles. The predicted octanol–water partition coefficient (Wildman–Crippen LogP) is 4.25. The Morgan fingerprint density at radius 1 is 1.00 bits per heavy atom. The van der Waals surface area contributed by atoms with Gasteiger partial charge >= 0.3 is 0 Å². The number of benzene rings is 1. The molecule has 0 unspecified atom stereocenters. The predicted molar refractivity (Wildman–Crippen MR) is 74.0 cm³/mol. The first-order valence-electron chi connectivity index (χ1n) is 7.21. The largest absolute Gasteiger partial charge is 0.392 e. The summed E-state index contributed by atoms with van der Waals surface area (Å²) in [5.74, 6) is 0.724. The van der Waals surface area contributed by atoms with Gasteiger partial charge in [0.05, 0.1) is 6.21 Å². The molecule has 0 N–H and O–H groups in total. The Kier molecular flexibility index (Phi) is 3.63. The van der Waals surface area contributed by atoms with Crippen molar-refractivity contribution in [3.8, 4) is 0 Å². The van der Waals surface area contributed by atoms with Crippen LogP contribution in [0.1, 0.15) is 62.0 Å². The van der Waals surface area contributed by atoms with Crippen LogP contribution in [0.25, 0.3) is 0 Å². The summed E-state index contributed by atoms with van der Waals surface area (Å²) in [6, 6.07) is 8.64. The lowest BCUT2D eigenvalue weighted by Crippen LogP contribution is -2.07. The van der Waals surface area contributed by atoms with Gasteiger partial charge in [0.25, 0.3) is 0 Å². The maximum atomic E-state index is 5.37. The second-order valence-electron chi connectivity index (χ2n) is 5.50. The Bertz CT molecular complexity index is 417. The summed E-state index contributed by atoms with van der Waals surface area (Å²) < 4.78 is 0. The molecule has 2 aliphatic rings. The Balaban J connectivity index is 1.72. The standard InChI is InChI=1S/C16H21NO/c1-2-6-13(7-3-1)16-9-5-4-8-14(16)12-17-18-15-10-11-15/h4-5,8-9,12-13,15H,1-3,6-7,10-11H2. The molecule has 0 amide bonds. The molecule has 1 aromatic carbocycles. The first kappa shape index (κ1) is 11.8. The maximum Gasteiger partial charge on any atom is 0.127 e. The molecule has 0 heterocycles. The van der Waals surface area contributed by atoms with Crippen LogP contribution in [0.4, 0.5) is 0 Å². The van der Waals surface area contributed by atoms with Crippen molar-refractivity contribution < 1.29 is 4.84 Å². The summed E-state index contributed by atoms with van der Waals surface area (Å²) in [5, 5.41) is 4.13. The van der Waals surface area contributed by atoms with Crippen LogP contribution in [0.15, 0.2) is 29.4 Å². The third kappa shape index (κ3) is 2.92. The van der Waals surface area contributed by atoms with E-state index in [9.17, 15) is 0 Å². The molecule has 0 bridgehead atoms. The van der Waals surface area contributed by atoms with Gasteiger partial charge in [-0.25, -0.2) is 0 Å². The molecule has 18 heavy (non-hydrogen) atoms. The van der Waals surface area contributed by atoms with Gasteiger partial charge in [-0.05, 0) is 42.7 Å². The fraction of sp³-hybridized carbons (Fsp3) is 0.562. The van der Waals surface area contributed by atoms with E-state index in [1.54, 1.807) is 0 Å². The summed E-state index contributed by atoms with van der Waals surface area (Å²) in [6.07, 6.45) is 11.4. The molecule has 0 saturated heterocycles. The van der Waals surface area contributed by atoms with Crippen LogP contribution in [0.2, 0.25) is 0 Å². The van der Waals surface area contributed by atoms with Crippen molar-refractivity contribution >= 4 is 6.21 Å². The van der Waals surface area contributed by atoms with Crippen LogP contribution < -0.4 is 0 Å². The maximum absolute atomic E-state index is 5.37. The van der Waals surface area contributed by atoms with Gasteiger partial charge < -0.3 is 4.84 Å². The molecular formula is C16H21NO. The molecule has 2 heteroatoms. The van der Waals surface area contributed by atoms with Crippen molar-refractivity contribution in [1.82, 2.24) is 0 Å². The minimum absolute atomic E-state index is 0.392. The molecule has 0 aliphatic heterocycles. The average molecular weight is 243 g/mol. The highest BCUT2D eigenvalue weighted by molar-refractivity contribution is 5.81. The summed E-state index contributed by atoms with van der Waals surface area (Å²) in [4.78, 5) is 5.37. The fourth-order valence-corrected chi connectivity index (χ4v) is 2.76. The summed E-state index contributed by atoms with van der Waals surface area (Å²) in [6.45, 7) is 0. The zero-order valence-electron chi connectivity index (χ0n) is 10.8. The Labute approximate surface area is 109 Å². The van der Waals surface area contributed by atoms with Crippen molar-refractivity contribution in [2.75, 3.05) is 0 Å². The molecule has 0 radical (unpaired) electrons. The molecule has 2 nitrogen and oxygen atoms in total. The van der Waals surface area contributed by atoms with E-state index >= 15 is 0 Å². The molecule has 1 aromatic rings. The van der Waals surface area contributed by atoms with Crippen molar-refractivity contribution in [3.63, 3.8) is 0 Å². The molecular weight excluding hydrogens is 222 g/mol. The number of rotatable bonds is 4. The van der Waals surface area contributed by atoms with Gasteiger partial charge in [0, 0.05) is 0 Å². The monoisotopic (exact) mass is 243 g/mol. The van der Waals surface area contributed by atoms with Crippen molar-refractivity contribution in [3.05, 3.63) is 35.4 Å². The molecule has 96 valence electrons. The van der Waals surface area contributed by atoms with E-state index in [0.29, 0.717) is 6.10 Å². The van der Waals surface area contributed by atoms with Crippen molar-refractivity contribution in [2.45, 2.75) is 57.0 Å². The van der Waals surface area contributed by atoms with Crippen LogP contribution in [0.3, 0.4) is 0 Å². The van der Waals surface area contributed by atoms with Gasteiger partial charge in [0.15, 0.2) is 0 Å². The molecule has 2 aliphatic carbocycles. The third-order valence-electron chi connectivity index (χ3n) is 3.97. The van der Waals surface area contributed by atoms with E-state index in [1.807, 2.05) is 6.21 Å². The van der Waals surface area contributed by atoms with E-state index < -0.39 is 0 Å². The molecule has 0 atom stereocenters. The van der Waals surface area contributed by atoms with Crippen molar-refractivity contribution in [2.24, 2.45) is 5.16 Å². The summed E-state index contributed by atoms with van der Waals surface area (Å²) >= 11 is 0. The zero-order chi connectivity index (χ0) is 12.2. The second-order valence-corrected chi connectivity index (χ2v) is 5.50. The lowest BCUT2D eigenvalue weighted by molar-refractivity contribution is 0.131. The molecule has 2 saturated carbocycles. The van der Waals surface area contributed by atoms with Gasteiger partial charge in [-0.2, -0.15) is 0 Å². The third-order valence-corrected chi connectivity index (χ3v) is 3.97. The normalized spacial score (nSPS) is 21.3. The average Bonchev–Trinajstić information content (AvgIpc) is 3.25. The van der Waals surface area contributed by atoms with E-state index in [2.05, 4.69) is 29.4 Å². The number of hydrogen-bond donors (Lipinski definition) is 0. The topological polar surface area (TPSA) is 21.6 Å². The SMILES string of the molecule is C(=NOC1CC1)c1ccccc1C1CCCCC1. The minimum Gasteiger partial charge on any atom is -0.392 e. The van der Waals surface area contributed by atoms with Crippen LogP contribution >= 0.6 is 0 Å². The van der Waals surface area contributed by atoms with Gasteiger partial charge in [-0.1, -0.05) is 48.7 Å². The van der Waals surface area contributed by atoms with Crippen LogP contribution in [0.5, 0.6) is 0 Å². The van der Waals surface area contributed by atoms with E-state index in [1.165, 1.54) is 56.1 Å². The summed E-state index contributed by atoms with van der Waals surface area (Å²) in [5.41, 5.74) is 2.70. The highest BCUT2D eigenvalue weighted by Crippen LogP contribution is 2.34. The van der Waals surface area contributed by atoms with Gasteiger partial charge in [-0.15, -0.1) is 0 Å². The van der Waals surface area contributed by atoms with Crippen molar-refractivity contribution in [1.29, 1.82) is 0 Å². The molecule has 0 spiro atoms. The van der Waals surface area contributed by atoms with E-state index in [4.69, 9.17) is 4.84 Å². The molecule has 3 rings (SSSR count).